The Balaban J connectivity index is 2.03. The number of anilines is 1. The molecule has 0 saturated carbocycles. The summed E-state index contributed by atoms with van der Waals surface area (Å²) in [5.74, 6) is -0.874. The van der Waals surface area contributed by atoms with E-state index in [0.717, 1.165) is 28.3 Å². The molecular formula is C30H35Cl2N3O4S. The predicted octanol–water partition coefficient (Wildman–Crippen LogP) is 6.14. The summed E-state index contributed by atoms with van der Waals surface area (Å²) < 4.78 is 28.9. The maximum absolute atomic E-state index is 14.0. The number of amides is 2. The van der Waals surface area contributed by atoms with Gasteiger partial charge in [-0.3, -0.25) is 13.9 Å². The van der Waals surface area contributed by atoms with Gasteiger partial charge in [-0.1, -0.05) is 60.8 Å². The van der Waals surface area contributed by atoms with Crippen molar-refractivity contribution in [3.8, 4) is 0 Å². The molecule has 40 heavy (non-hydrogen) atoms. The van der Waals surface area contributed by atoms with Gasteiger partial charge in [0.25, 0.3) is 10.0 Å². The summed E-state index contributed by atoms with van der Waals surface area (Å²) in [4.78, 5) is 28.4. The summed E-state index contributed by atoms with van der Waals surface area (Å²) in [6.07, 6.45) is 1.71. The second-order valence-electron chi connectivity index (χ2n) is 9.67. The molecule has 7 nitrogen and oxygen atoms in total. The van der Waals surface area contributed by atoms with Crippen molar-refractivity contribution in [2.75, 3.05) is 17.4 Å². The molecule has 0 spiro atoms. The number of sulfonamides is 1. The summed E-state index contributed by atoms with van der Waals surface area (Å²) >= 11 is 12.4. The van der Waals surface area contributed by atoms with E-state index in [1.807, 2.05) is 26.8 Å². The normalized spacial score (nSPS) is 12.1. The molecule has 1 N–H and O–H groups in total. The highest BCUT2D eigenvalue weighted by atomic mass is 35.5. The van der Waals surface area contributed by atoms with Crippen molar-refractivity contribution in [3.63, 3.8) is 0 Å². The number of hydrogen-bond acceptors (Lipinski definition) is 4. The Hall–Kier alpha value is -3.07. The molecule has 0 unspecified atom stereocenters. The van der Waals surface area contributed by atoms with Crippen molar-refractivity contribution in [2.24, 2.45) is 0 Å². The highest BCUT2D eigenvalue weighted by Gasteiger charge is 2.33. The maximum atomic E-state index is 14.0. The van der Waals surface area contributed by atoms with Gasteiger partial charge >= 0.3 is 0 Å². The van der Waals surface area contributed by atoms with E-state index in [-0.39, 0.29) is 17.3 Å². The van der Waals surface area contributed by atoms with Gasteiger partial charge in [0.1, 0.15) is 12.6 Å². The van der Waals surface area contributed by atoms with Crippen molar-refractivity contribution in [1.29, 1.82) is 0 Å². The smallest absolute Gasteiger partial charge is 0.264 e. The van der Waals surface area contributed by atoms with Crippen molar-refractivity contribution < 1.29 is 18.0 Å². The van der Waals surface area contributed by atoms with Crippen LogP contribution in [0.1, 0.15) is 43.4 Å². The molecule has 0 saturated heterocycles. The first kappa shape index (κ1) is 31.5. The number of benzene rings is 3. The largest absolute Gasteiger partial charge is 0.354 e. The number of aryl methyl sites for hydroxylation is 2. The first-order chi connectivity index (χ1) is 18.9. The van der Waals surface area contributed by atoms with E-state index < -0.39 is 28.5 Å². The molecule has 0 heterocycles. The molecule has 0 aliphatic rings. The zero-order valence-electron chi connectivity index (χ0n) is 23.2. The van der Waals surface area contributed by atoms with Gasteiger partial charge in [0.15, 0.2) is 0 Å². The topological polar surface area (TPSA) is 86.8 Å². The molecule has 3 rings (SSSR count). The lowest BCUT2D eigenvalue weighted by Gasteiger charge is -2.32. The third kappa shape index (κ3) is 7.77. The van der Waals surface area contributed by atoms with E-state index in [9.17, 15) is 18.0 Å². The van der Waals surface area contributed by atoms with Crippen LogP contribution in [0.3, 0.4) is 0 Å². The Bertz CT molecular complexity index is 1450. The van der Waals surface area contributed by atoms with Gasteiger partial charge in [-0.15, -0.1) is 0 Å². The molecule has 214 valence electrons. The van der Waals surface area contributed by atoms with Gasteiger partial charge < -0.3 is 10.2 Å². The van der Waals surface area contributed by atoms with E-state index >= 15 is 0 Å². The van der Waals surface area contributed by atoms with Crippen LogP contribution in [-0.2, 0) is 26.2 Å². The van der Waals surface area contributed by atoms with Gasteiger partial charge in [-0.25, -0.2) is 8.42 Å². The number of halogens is 2. The quantitative estimate of drug-likeness (QED) is 0.252. The molecule has 0 aromatic heterocycles. The molecule has 0 bridgehead atoms. The molecule has 3 aromatic rings. The van der Waals surface area contributed by atoms with E-state index in [2.05, 4.69) is 5.32 Å². The number of unbranched alkanes of at least 4 members (excludes halogenated alkanes) is 1. The molecule has 0 fully saturated rings. The third-order valence-corrected chi connectivity index (χ3v) is 9.16. The zero-order chi connectivity index (χ0) is 29.4. The SMILES string of the molecule is CCCCNC(=O)[C@@H](C)N(Cc1ccccc1Cl)C(=O)CN(c1ccc(C)c(C)c1)S(=O)(=O)c1ccc(Cl)cc1. The van der Waals surface area contributed by atoms with Gasteiger partial charge in [-0.2, -0.15) is 0 Å². The van der Waals surface area contributed by atoms with Crippen LogP contribution >= 0.6 is 23.2 Å². The van der Waals surface area contributed by atoms with Gasteiger partial charge in [0.2, 0.25) is 11.8 Å². The second kappa shape index (κ2) is 14.0. The van der Waals surface area contributed by atoms with Crippen LogP contribution in [-0.4, -0.2) is 44.3 Å². The summed E-state index contributed by atoms with van der Waals surface area (Å²) in [5, 5.41) is 3.70. The zero-order valence-corrected chi connectivity index (χ0v) is 25.5. The average Bonchev–Trinajstić information content (AvgIpc) is 2.92. The molecule has 10 heteroatoms. The Morgan fingerprint density at radius 2 is 1.62 bits per heavy atom. The molecular weight excluding hydrogens is 569 g/mol. The molecule has 1 atom stereocenters. The summed E-state index contributed by atoms with van der Waals surface area (Å²) in [7, 11) is -4.17. The van der Waals surface area contributed by atoms with Crippen molar-refractivity contribution in [2.45, 2.75) is 58.0 Å². The fourth-order valence-corrected chi connectivity index (χ4v) is 5.80. The fourth-order valence-electron chi connectivity index (χ4n) is 4.07. The minimum atomic E-state index is -4.17. The lowest BCUT2D eigenvalue weighted by atomic mass is 10.1. The van der Waals surface area contributed by atoms with Crippen LogP contribution in [0.4, 0.5) is 5.69 Å². The van der Waals surface area contributed by atoms with E-state index in [4.69, 9.17) is 23.2 Å². The lowest BCUT2D eigenvalue weighted by molar-refractivity contribution is -0.139. The van der Waals surface area contributed by atoms with E-state index in [1.165, 1.54) is 29.2 Å². The van der Waals surface area contributed by atoms with Crippen LogP contribution in [0, 0.1) is 13.8 Å². The van der Waals surface area contributed by atoms with E-state index in [1.54, 1.807) is 43.3 Å². The van der Waals surface area contributed by atoms with Crippen LogP contribution in [0.15, 0.2) is 71.6 Å². The van der Waals surface area contributed by atoms with Gasteiger partial charge in [0.05, 0.1) is 10.6 Å². The van der Waals surface area contributed by atoms with Crippen LogP contribution in [0.25, 0.3) is 0 Å². The molecule has 2 amide bonds. The molecule has 3 aromatic carbocycles. The number of nitrogens with one attached hydrogen (secondary N) is 1. The highest BCUT2D eigenvalue weighted by Crippen LogP contribution is 2.27. The number of carbonyl (C=O) groups is 2. The third-order valence-electron chi connectivity index (χ3n) is 6.75. The Morgan fingerprint density at radius 1 is 0.950 bits per heavy atom. The van der Waals surface area contributed by atoms with Crippen LogP contribution in [0.2, 0.25) is 10.0 Å². The Morgan fingerprint density at radius 3 is 2.25 bits per heavy atom. The standard InChI is InChI=1S/C30H35Cl2N3O4S/c1-5-6-17-33-30(37)23(4)34(19-24-9-7-8-10-28(24)32)29(36)20-35(26-14-11-21(2)22(3)18-26)40(38,39)27-15-12-25(31)13-16-27/h7-16,18,23H,5-6,17,19-20H2,1-4H3,(H,33,37)/t23-/m1/s1. The van der Waals surface area contributed by atoms with Crippen molar-refractivity contribution in [1.82, 2.24) is 10.2 Å². The lowest BCUT2D eigenvalue weighted by Crippen LogP contribution is -2.51. The number of carbonyl (C=O) groups excluding carboxylic acids is 2. The summed E-state index contributed by atoms with van der Waals surface area (Å²) in [6.45, 7) is 7.43. The van der Waals surface area contributed by atoms with Crippen molar-refractivity contribution >= 4 is 50.7 Å². The second-order valence-corrected chi connectivity index (χ2v) is 12.4. The minimum absolute atomic E-state index is 0.00839. The fraction of sp³-hybridized carbons (Fsp3) is 0.333. The number of rotatable bonds is 12. The summed E-state index contributed by atoms with van der Waals surface area (Å²) in [6, 6.07) is 17.2. The minimum Gasteiger partial charge on any atom is -0.354 e. The monoisotopic (exact) mass is 603 g/mol. The first-order valence-corrected chi connectivity index (χ1v) is 15.3. The molecule has 0 aliphatic carbocycles. The molecule has 0 aliphatic heterocycles. The average molecular weight is 605 g/mol. The number of hydrogen-bond donors (Lipinski definition) is 1. The summed E-state index contributed by atoms with van der Waals surface area (Å²) in [5.41, 5.74) is 2.84. The first-order valence-electron chi connectivity index (χ1n) is 13.1. The van der Waals surface area contributed by atoms with E-state index in [0.29, 0.717) is 27.8 Å². The maximum Gasteiger partial charge on any atom is 0.264 e. The molecule has 0 radical (unpaired) electrons. The Labute approximate surface area is 247 Å². The van der Waals surface area contributed by atoms with Crippen LogP contribution < -0.4 is 9.62 Å². The van der Waals surface area contributed by atoms with Gasteiger partial charge in [0, 0.05) is 23.1 Å². The Kier molecular flexibility index (Phi) is 11.0. The van der Waals surface area contributed by atoms with Crippen molar-refractivity contribution in [3.05, 3.63) is 93.5 Å². The van der Waals surface area contributed by atoms with Gasteiger partial charge in [-0.05, 0) is 86.3 Å². The predicted molar refractivity (Wildman–Crippen MR) is 161 cm³/mol. The highest BCUT2D eigenvalue weighted by molar-refractivity contribution is 7.92. The van der Waals surface area contributed by atoms with Crippen LogP contribution in [0.5, 0.6) is 0 Å². The number of nitrogens with zero attached hydrogens (tertiary/aromatic N) is 2.